The fourth-order valence-corrected chi connectivity index (χ4v) is 2.95. The number of benzene rings is 2. The summed E-state index contributed by atoms with van der Waals surface area (Å²) >= 11 is 1.42. The number of halogens is 1. The molecule has 0 spiro atoms. The molecule has 0 aliphatic heterocycles. The van der Waals surface area contributed by atoms with Crippen LogP contribution in [0.15, 0.2) is 48.5 Å². The Hall–Kier alpha value is -2.47. The molecule has 3 aromatic rings. The molecule has 6 heteroatoms. The Morgan fingerprint density at radius 1 is 1.27 bits per heavy atom. The SMILES string of the molecule is CN(Cc1cccc(F)c1)C(=O)Nc1nc2ccccc2s1. The summed E-state index contributed by atoms with van der Waals surface area (Å²) in [6, 6.07) is 13.6. The molecule has 2 aromatic carbocycles. The number of hydrogen-bond acceptors (Lipinski definition) is 3. The zero-order chi connectivity index (χ0) is 15.5. The Morgan fingerprint density at radius 3 is 2.86 bits per heavy atom. The quantitative estimate of drug-likeness (QED) is 0.791. The number of anilines is 1. The van der Waals surface area contributed by atoms with Gasteiger partial charge >= 0.3 is 6.03 Å². The molecule has 3 rings (SSSR count). The van der Waals surface area contributed by atoms with Gasteiger partial charge < -0.3 is 4.90 Å². The normalized spacial score (nSPS) is 10.6. The molecule has 0 fully saturated rings. The van der Waals surface area contributed by atoms with Gasteiger partial charge in [-0.25, -0.2) is 14.2 Å². The maximum Gasteiger partial charge on any atom is 0.323 e. The van der Waals surface area contributed by atoms with Crippen LogP contribution in [-0.4, -0.2) is 23.0 Å². The average Bonchev–Trinajstić information content (AvgIpc) is 2.89. The lowest BCUT2D eigenvalue weighted by Gasteiger charge is -2.17. The maximum absolute atomic E-state index is 13.2. The summed E-state index contributed by atoms with van der Waals surface area (Å²) in [6.07, 6.45) is 0. The monoisotopic (exact) mass is 315 g/mol. The van der Waals surface area contributed by atoms with Crippen molar-refractivity contribution in [3.05, 3.63) is 59.9 Å². The van der Waals surface area contributed by atoms with E-state index >= 15 is 0 Å². The molecule has 0 radical (unpaired) electrons. The van der Waals surface area contributed by atoms with Crippen LogP contribution in [0.2, 0.25) is 0 Å². The van der Waals surface area contributed by atoms with E-state index in [-0.39, 0.29) is 11.8 Å². The first-order valence-electron chi connectivity index (χ1n) is 6.74. The summed E-state index contributed by atoms with van der Waals surface area (Å²) in [5, 5.41) is 3.32. The molecule has 0 unspecified atom stereocenters. The number of amides is 2. The van der Waals surface area contributed by atoms with Crippen molar-refractivity contribution in [2.45, 2.75) is 6.54 Å². The summed E-state index contributed by atoms with van der Waals surface area (Å²) in [4.78, 5) is 18.0. The lowest BCUT2D eigenvalue weighted by Crippen LogP contribution is -2.30. The smallest absolute Gasteiger partial charge is 0.323 e. The van der Waals surface area contributed by atoms with Crippen molar-refractivity contribution in [2.75, 3.05) is 12.4 Å². The molecule has 0 aliphatic carbocycles. The van der Waals surface area contributed by atoms with Crippen molar-refractivity contribution in [1.29, 1.82) is 0 Å². The zero-order valence-corrected chi connectivity index (χ0v) is 12.7. The summed E-state index contributed by atoms with van der Waals surface area (Å²) in [5.41, 5.74) is 1.59. The fraction of sp³-hybridized carbons (Fsp3) is 0.125. The molecule has 1 heterocycles. The molecule has 1 aromatic heterocycles. The van der Waals surface area contributed by atoms with Gasteiger partial charge in [-0.05, 0) is 29.8 Å². The van der Waals surface area contributed by atoms with Crippen molar-refractivity contribution >= 4 is 32.7 Å². The second-order valence-corrected chi connectivity index (χ2v) is 5.93. The molecule has 22 heavy (non-hydrogen) atoms. The average molecular weight is 315 g/mol. The van der Waals surface area contributed by atoms with Crippen LogP contribution in [0, 0.1) is 5.82 Å². The van der Waals surface area contributed by atoms with Crippen LogP contribution < -0.4 is 5.32 Å². The van der Waals surface area contributed by atoms with E-state index in [1.165, 1.54) is 28.4 Å². The number of aromatic nitrogens is 1. The van der Waals surface area contributed by atoms with Gasteiger partial charge in [-0.2, -0.15) is 0 Å². The number of rotatable bonds is 3. The van der Waals surface area contributed by atoms with Gasteiger partial charge in [0.15, 0.2) is 5.13 Å². The van der Waals surface area contributed by atoms with Crippen molar-refractivity contribution in [3.8, 4) is 0 Å². The Balaban J connectivity index is 1.68. The van der Waals surface area contributed by atoms with E-state index in [1.54, 1.807) is 19.2 Å². The van der Waals surface area contributed by atoms with E-state index in [4.69, 9.17) is 0 Å². The molecule has 2 amide bonds. The van der Waals surface area contributed by atoms with Crippen LogP contribution in [0.5, 0.6) is 0 Å². The number of nitrogens with zero attached hydrogens (tertiary/aromatic N) is 2. The molecular formula is C16H14FN3OS. The number of nitrogens with one attached hydrogen (secondary N) is 1. The summed E-state index contributed by atoms with van der Waals surface area (Å²) in [5.74, 6) is -0.308. The first-order valence-corrected chi connectivity index (χ1v) is 7.55. The lowest BCUT2D eigenvalue weighted by atomic mass is 10.2. The van der Waals surface area contributed by atoms with E-state index in [0.29, 0.717) is 11.7 Å². The van der Waals surface area contributed by atoms with Crippen LogP contribution in [0.3, 0.4) is 0 Å². The molecule has 0 saturated heterocycles. The molecule has 4 nitrogen and oxygen atoms in total. The highest BCUT2D eigenvalue weighted by atomic mass is 32.1. The zero-order valence-electron chi connectivity index (χ0n) is 11.9. The minimum Gasteiger partial charge on any atom is -0.323 e. The number of hydrogen-bond donors (Lipinski definition) is 1. The van der Waals surface area contributed by atoms with E-state index in [0.717, 1.165) is 15.8 Å². The van der Waals surface area contributed by atoms with E-state index in [2.05, 4.69) is 10.3 Å². The van der Waals surface area contributed by atoms with Crippen molar-refractivity contribution in [3.63, 3.8) is 0 Å². The first-order chi connectivity index (χ1) is 10.6. The Kier molecular flexibility index (Phi) is 4.02. The number of fused-ring (bicyclic) bond motifs is 1. The van der Waals surface area contributed by atoms with E-state index in [9.17, 15) is 9.18 Å². The van der Waals surface area contributed by atoms with Crippen LogP contribution in [-0.2, 0) is 6.54 Å². The molecule has 0 aliphatic rings. The Bertz CT molecular complexity index is 785. The van der Waals surface area contributed by atoms with Gasteiger partial charge in [0.05, 0.1) is 10.2 Å². The fourth-order valence-electron chi connectivity index (χ4n) is 2.09. The summed E-state index contributed by atoms with van der Waals surface area (Å²) in [7, 11) is 1.66. The Labute approximate surface area is 131 Å². The predicted octanol–water partition coefficient (Wildman–Crippen LogP) is 4.10. The summed E-state index contributed by atoms with van der Waals surface area (Å²) < 4.78 is 14.2. The van der Waals surface area contributed by atoms with Crippen LogP contribution in [0.1, 0.15) is 5.56 Å². The molecule has 0 saturated carbocycles. The van der Waals surface area contributed by atoms with Crippen LogP contribution in [0.4, 0.5) is 14.3 Å². The van der Waals surface area contributed by atoms with E-state index in [1.807, 2.05) is 24.3 Å². The predicted molar refractivity (Wildman–Crippen MR) is 86.5 cm³/mol. The largest absolute Gasteiger partial charge is 0.323 e. The second kappa shape index (κ2) is 6.11. The number of thiazole rings is 1. The molecule has 112 valence electrons. The van der Waals surface area contributed by atoms with Gasteiger partial charge in [0.25, 0.3) is 0 Å². The number of para-hydroxylation sites is 1. The van der Waals surface area contributed by atoms with E-state index < -0.39 is 0 Å². The maximum atomic E-state index is 13.2. The highest BCUT2D eigenvalue weighted by Gasteiger charge is 2.12. The highest BCUT2D eigenvalue weighted by Crippen LogP contribution is 2.25. The van der Waals surface area contributed by atoms with Gasteiger partial charge in [-0.1, -0.05) is 35.6 Å². The standard InChI is InChI=1S/C16H14FN3OS/c1-20(10-11-5-4-6-12(17)9-11)16(21)19-15-18-13-7-2-3-8-14(13)22-15/h2-9H,10H2,1H3,(H,18,19,21). The van der Waals surface area contributed by atoms with Gasteiger partial charge in [0.2, 0.25) is 0 Å². The van der Waals surface area contributed by atoms with Crippen LogP contribution in [0.25, 0.3) is 10.2 Å². The molecule has 1 N–H and O–H groups in total. The third-order valence-corrected chi connectivity index (χ3v) is 4.12. The van der Waals surface area contributed by atoms with Crippen molar-refractivity contribution in [1.82, 2.24) is 9.88 Å². The first kappa shape index (κ1) is 14.5. The number of carbonyl (C=O) groups excluding carboxylic acids is 1. The lowest BCUT2D eigenvalue weighted by molar-refractivity contribution is 0.220. The van der Waals surface area contributed by atoms with Gasteiger partial charge in [-0.15, -0.1) is 0 Å². The topological polar surface area (TPSA) is 45.2 Å². The number of urea groups is 1. The third-order valence-electron chi connectivity index (χ3n) is 3.16. The molecule has 0 atom stereocenters. The second-order valence-electron chi connectivity index (χ2n) is 4.90. The van der Waals surface area contributed by atoms with Crippen LogP contribution >= 0.6 is 11.3 Å². The van der Waals surface area contributed by atoms with Gasteiger partial charge in [-0.3, -0.25) is 5.32 Å². The third kappa shape index (κ3) is 3.23. The van der Waals surface area contributed by atoms with Crippen molar-refractivity contribution in [2.24, 2.45) is 0 Å². The van der Waals surface area contributed by atoms with Gasteiger partial charge in [0.1, 0.15) is 5.82 Å². The Morgan fingerprint density at radius 2 is 2.09 bits per heavy atom. The number of carbonyl (C=O) groups is 1. The minimum atomic E-state index is -0.308. The minimum absolute atomic E-state index is 0.275. The molecular weight excluding hydrogens is 301 g/mol. The van der Waals surface area contributed by atoms with Crippen molar-refractivity contribution < 1.29 is 9.18 Å². The molecule has 0 bridgehead atoms. The summed E-state index contributed by atoms with van der Waals surface area (Å²) in [6.45, 7) is 0.328. The highest BCUT2D eigenvalue weighted by molar-refractivity contribution is 7.22. The van der Waals surface area contributed by atoms with Gasteiger partial charge in [0, 0.05) is 13.6 Å².